The van der Waals surface area contributed by atoms with Gasteiger partial charge in [-0.05, 0) is 5.92 Å². The first-order valence-corrected chi connectivity index (χ1v) is 5.71. The highest BCUT2D eigenvalue weighted by molar-refractivity contribution is 5.91. The van der Waals surface area contributed by atoms with Gasteiger partial charge in [0.15, 0.2) is 5.69 Å². The van der Waals surface area contributed by atoms with Gasteiger partial charge in [-0.2, -0.15) is 0 Å². The Balaban J connectivity index is 1.84. The molecule has 2 heterocycles. The molecule has 0 aliphatic carbocycles. The lowest BCUT2D eigenvalue weighted by molar-refractivity contribution is 0.0204. The second-order valence-electron chi connectivity index (χ2n) is 4.53. The molecule has 1 amide bonds. The van der Waals surface area contributed by atoms with Crippen molar-refractivity contribution in [3.63, 3.8) is 0 Å². The number of rotatable bonds is 5. The monoisotopic (exact) mass is 239 g/mol. The fraction of sp³-hybridized carbons (Fsp3) is 0.700. The average Bonchev–Trinajstić information content (AvgIpc) is 2.63. The first kappa shape index (κ1) is 12.0. The minimum Gasteiger partial charge on any atom is -0.312 e. The van der Waals surface area contributed by atoms with E-state index in [1.165, 1.54) is 0 Å². The average molecular weight is 239 g/mol. The molecule has 1 aliphatic heterocycles. The van der Waals surface area contributed by atoms with Crippen molar-refractivity contribution < 1.29 is 9.63 Å². The van der Waals surface area contributed by atoms with Gasteiger partial charge in [0.2, 0.25) is 0 Å². The van der Waals surface area contributed by atoms with Crippen molar-refractivity contribution in [3.05, 3.63) is 11.9 Å². The highest BCUT2D eigenvalue weighted by atomic mass is 16.6. The van der Waals surface area contributed by atoms with Crippen LogP contribution in [0.1, 0.15) is 30.4 Å². The molecule has 1 fully saturated rings. The van der Waals surface area contributed by atoms with Crippen LogP contribution >= 0.6 is 0 Å². The Labute approximate surface area is 99.5 Å². The van der Waals surface area contributed by atoms with Crippen LogP contribution in [0.25, 0.3) is 0 Å². The number of nitrogens with zero attached hydrogens (tertiary/aromatic N) is 3. The molecule has 2 rings (SSSR count). The molecule has 17 heavy (non-hydrogen) atoms. The van der Waals surface area contributed by atoms with Crippen LogP contribution in [0.3, 0.4) is 0 Å². The molecule has 0 spiro atoms. The number of hydrogen-bond acceptors (Lipinski definition) is 5. The fourth-order valence-corrected chi connectivity index (χ4v) is 1.35. The summed E-state index contributed by atoms with van der Waals surface area (Å²) in [5.41, 5.74) is 2.63. The van der Waals surface area contributed by atoms with Gasteiger partial charge in [-0.3, -0.25) is 9.63 Å². The van der Waals surface area contributed by atoms with Gasteiger partial charge >= 0.3 is 0 Å². The Kier molecular flexibility index (Phi) is 3.70. The summed E-state index contributed by atoms with van der Waals surface area (Å²) in [5, 5.41) is 10.9. The van der Waals surface area contributed by atoms with E-state index in [0.717, 1.165) is 13.1 Å². The molecule has 1 aromatic rings. The normalized spacial score (nSPS) is 15.9. The van der Waals surface area contributed by atoms with E-state index >= 15 is 0 Å². The fourth-order valence-electron chi connectivity index (χ4n) is 1.35. The van der Waals surface area contributed by atoms with Gasteiger partial charge in [0.25, 0.3) is 5.91 Å². The summed E-state index contributed by atoms with van der Waals surface area (Å²) >= 11 is 0. The van der Waals surface area contributed by atoms with Crippen LogP contribution in [0.5, 0.6) is 0 Å². The summed E-state index contributed by atoms with van der Waals surface area (Å²) in [5.74, 6) is 0.0104. The molecular formula is C10H17N5O2. The van der Waals surface area contributed by atoms with E-state index in [4.69, 9.17) is 4.84 Å². The van der Waals surface area contributed by atoms with Crippen LogP contribution in [0.2, 0.25) is 0 Å². The van der Waals surface area contributed by atoms with Gasteiger partial charge < -0.3 is 5.32 Å². The lowest BCUT2D eigenvalue weighted by Crippen LogP contribution is -2.43. The minimum absolute atomic E-state index is 0.278. The number of carbonyl (C=O) groups is 1. The zero-order valence-corrected chi connectivity index (χ0v) is 10.0. The number of aromatic nitrogens is 3. The zero-order valence-electron chi connectivity index (χ0n) is 10.0. The first-order valence-electron chi connectivity index (χ1n) is 5.71. The maximum Gasteiger partial charge on any atom is 0.296 e. The molecular weight excluding hydrogens is 222 g/mol. The Hall–Kier alpha value is -1.47. The molecule has 2 N–H and O–H groups in total. The molecule has 0 atom stereocenters. The van der Waals surface area contributed by atoms with Gasteiger partial charge in [0, 0.05) is 13.1 Å². The molecule has 0 radical (unpaired) electrons. The number of carbonyl (C=O) groups excluding carboxylic acids is 1. The molecule has 0 saturated carbocycles. The van der Waals surface area contributed by atoms with Crippen molar-refractivity contribution in [1.82, 2.24) is 25.8 Å². The Morgan fingerprint density at radius 2 is 2.47 bits per heavy atom. The number of hydrogen-bond donors (Lipinski definition) is 2. The first-order chi connectivity index (χ1) is 8.16. The van der Waals surface area contributed by atoms with Crippen LogP contribution in [-0.4, -0.2) is 40.6 Å². The smallest absolute Gasteiger partial charge is 0.296 e. The quantitative estimate of drug-likeness (QED) is 0.692. The number of amides is 1. The van der Waals surface area contributed by atoms with Crippen molar-refractivity contribution in [2.24, 2.45) is 5.92 Å². The van der Waals surface area contributed by atoms with Crippen molar-refractivity contribution in [2.75, 3.05) is 19.7 Å². The van der Waals surface area contributed by atoms with Crippen LogP contribution in [0.15, 0.2) is 6.20 Å². The maximum atomic E-state index is 11.6. The van der Waals surface area contributed by atoms with Gasteiger partial charge in [-0.1, -0.05) is 19.1 Å². The van der Waals surface area contributed by atoms with E-state index in [0.29, 0.717) is 18.6 Å². The van der Waals surface area contributed by atoms with E-state index in [2.05, 4.69) is 21.1 Å². The molecule has 0 bridgehead atoms. The van der Waals surface area contributed by atoms with E-state index in [1.54, 1.807) is 10.9 Å². The van der Waals surface area contributed by atoms with Crippen LogP contribution in [-0.2, 0) is 4.84 Å². The highest BCUT2D eigenvalue weighted by Crippen LogP contribution is 2.09. The van der Waals surface area contributed by atoms with Gasteiger partial charge in [-0.25, -0.2) is 10.2 Å². The van der Waals surface area contributed by atoms with Crippen LogP contribution in [0, 0.1) is 5.92 Å². The molecule has 7 nitrogen and oxygen atoms in total. The predicted octanol–water partition coefficient (Wildman–Crippen LogP) is -0.260. The largest absolute Gasteiger partial charge is 0.312 e. The van der Waals surface area contributed by atoms with Crippen LogP contribution < -0.4 is 10.8 Å². The molecule has 0 unspecified atom stereocenters. The summed E-state index contributed by atoms with van der Waals surface area (Å²) in [6, 6.07) is 0.306. The van der Waals surface area contributed by atoms with E-state index in [9.17, 15) is 4.79 Å². The van der Waals surface area contributed by atoms with Gasteiger partial charge in [0.05, 0.1) is 18.8 Å². The summed E-state index contributed by atoms with van der Waals surface area (Å²) in [6.45, 7) is 6.23. The Morgan fingerprint density at radius 1 is 1.71 bits per heavy atom. The Morgan fingerprint density at radius 3 is 3.06 bits per heavy atom. The molecule has 1 aliphatic rings. The SMILES string of the molecule is CC(C)CONC(=O)c1cn(C2CNC2)nn1. The summed E-state index contributed by atoms with van der Waals surface area (Å²) in [4.78, 5) is 16.6. The van der Waals surface area contributed by atoms with Crippen molar-refractivity contribution in [1.29, 1.82) is 0 Å². The molecule has 1 aromatic heterocycles. The summed E-state index contributed by atoms with van der Waals surface area (Å²) in [7, 11) is 0. The maximum absolute atomic E-state index is 11.6. The third-order valence-corrected chi connectivity index (χ3v) is 2.46. The van der Waals surface area contributed by atoms with Crippen molar-refractivity contribution in [2.45, 2.75) is 19.9 Å². The lowest BCUT2D eigenvalue weighted by Gasteiger charge is -2.26. The topological polar surface area (TPSA) is 81.1 Å². The number of nitrogens with one attached hydrogen (secondary N) is 2. The second kappa shape index (κ2) is 5.24. The molecule has 7 heteroatoms. The van der Waals surface area contributed by atoms with Crippen molar-refractivity contribution >= 4 is 5.91 Å². The van der Waals surface area contributed by atoms with E-state index in [-0.39, 0.29) is 11.6 Å². The lowest BCUT2D eigenvalue weighted by atomic mass is 10.2. The molecule has 0 aromatic carbocycles. The minimum atomic E-state index is -0.357. The van der Waals surface area contributed by atoms with Crippen molar-refractivity contribution in [3.8, 4) is 0 Å². The third kappa shape index (κ3) is 3.01. The number of hydroxylamine groups is 1. The van der Waals surface area contributed by atoms with Gasteiger partial charge in [-0.15, -0.1) is 5.10 Å². The highest BCUT2D eigenvalue weighted by Gasteiger charge is 2.21. The Bertz CT molecular complexity index is 386. The standard InChI is InChI=1S/C10H17N5O2/c1-7(2)6-17-13-10(16)9-5-15(14-12-9)8-3-11-4-8/h5,7-8,11H,3-4,6H2,1-2H3,(H,13,16). The summed E-state index contributed by atoms with van der Waals surface area (Å²) in [6.07, 6.45) is 1.64. The second-order valence-corrected chi connectivity index (χ2v) is 4.53. The third-order valence-electron chi connectivity index (χ3n) is 2.46. The van der Waals surface area contributed by atoms with Crippen LogP contribution in [0.4, 0.5) is 0 Å². The molecule has 94 valence electrons. The summed E-state index contributed by atoms with van der Waals surface area (Å²) < 4.78 is 1.70. The van der Waals surface area contributed by atoms with Gasteiger partial charge in [0.1, 0.15) is 0 Å². The van der Waals surface area contributed by atoms with E-state index < -0.39 is 0 Å². The molecule has 1 saturated heterocycles. The predicted molar refractivity (Wildman–Crippen MR) is 60.2 cm³/mol. The zero-order chi connectivity index (χ0) is 12.3. The van der Waals surface area contributed by atoms with E-state index in [1.807, 2.05) is 13.8 Å².